The van der Waals surface area contributed by atoms with Crippen molar-refractivity contribution in [1.29, 1.82) is 0 Å². The summed E-state index contributed by atoms with van der Waals surface area (Å²) in [5.74, 6) is 7.61. The van der Waals surface area contributed by atoms with Crippen molar-refractivity contribution in [2.24, 2.45) is 0 Å². The molecule has 0 amide bonds. The minimum absolute atomic E-state index is 0.660. The summed E-state index contributed by atoms with van der Waals surface area (Å²) in [6, 6.07) is 16.3. The first-order chi connectivity index (χ1) is 10.6. The van der Waals surface area contributed by atoms with Gasteiger partial charge in [-0.2, -0.15) is 0 Å². The topological polar surface area (TPSA) is 56.7 Å². The number of hydrogen-bond acceptors (Lipinski definition) is 4. The molecule has 4 nitrogen and oxygen atoms in total. The van der Waals surface area contributed by atoms with E-state index in [1.807, 2.05) is 24.3 Å². The van der Waals surface area contributed by atoms with E-state index in [1.54, 1.807) is 16.4 Å². The van der Waals surface area contributed by atoms with E-state index in [0.717, 1.165) is 15.8 Å². The largest absolute Gasteiger partial charge is 0.335 e. The Morgan fingerprint density at radius 2 is 1.95 bits per heavy atom. The third kappa shape index (κ3) is 3.34. The fraction of sp³-hybridized carbons (Fsp3) is 0.125. The maximum atomic E-state index is 6.14. The Kier molecular flexibility index (Phi) is 4.49. The van der Waals surface area contributed by atoms with Gasteiger partial charge in [0.25, 0.3) is 0 Å². The lowest BCUT2D eigenvalue weighted by molar-refractivity contribution is 0.849. The SMILES string of the molecule is Cc1cccc(CSc2nnc(-c3cccc(Br)c3)n2N)c1. The van der Waals surface area contributed by atoms with Crippen molar-refractivity contribution in [3.05, 3.63) is 64.1 Å². The van der Waals surface area contributed by atoms with Gasteiger partial charge in [-0.3, -0.25) is 0 Å². The van der Waals surface area contributed by atoms with E-state index < -0.39 is 0 Å². The number of thioether (sulfide) groups is 1. The number of benzene rings is 2. The van der Waals surface area contributed by atoms with Crippen LogP contribution in [-0.2, 0) is 5.75 Å². The number of aryl methyl sites for hydroxylation is 1. The van der Waals surface area contributed by atoms with Crippen LogP contribution >= 0.6 is 27.7 Å². The minimum atomic E-state index is 0.660. The highest BCUT2D eigenvalue weighted by atomic mass is 79.9. The molecule has 0 aliphatic heterocycles. The minimum Gasteiger partial charge on any atom is -0.335 e. The monoisotopic (exact) mass is 374 g/mol. The second-order valence-corrected chi connectivity index (χ2v) is 6.82. The molecule has 2 aromatic carbocycles. The molecule has 0 saturated carbocycles. The molecule has 112 valence electrons. The lowest BCUT2D eigenvalue weighted by Gasteiger charge is -2.05. The van der Waals surface area contributed by atoms with Crippen LogP contribution in [0.5, 0.6) is 0 Å². The summed E-state index contributed by atoms with van der Waals surface area (Å²) >= 11 is 5.04. The summed E-state index contributed by atoms with van der Waals surface area (Å²) in [7, 11) is 0. The molecule has 0 saturated heterocycles. The van der Waals surface area contributed by atoms with Gasteiger partial charge in [-0.25, -0.2) is 4.68 Å². The van der Waals surface area contributed by atoms with Gasteiger partial charge in [-0.1, -0.05) is 69.7 Å². The van der Waals surface area contributed by atoms with Crippen LogP contribution in [0.3, 0.4) is 0 Å². The Hall–Kier alpha value is -1.79. The highest BCUT2D eigenvalue weighted by Gasteiger charge is 2.12. The predicted octanol–water partition coefficient (Wildman–Crippen LogP) is 4.02. The van der Waals surface area contributed by atoms with Crippen LogP contribution in [0.4, 0.5) is 0 Å². The van der Waals surface area contributed by atoms with Gasteiger partial charge >= 0.3 is 0 Å². The second kappa shape index (κ2) is 6.54. The fourth-order valence-corrected chi connectivity index (χ4v) is 3.35. The molecule has 3 rings (SSSR count). The molecule has 0 atom stereocenters. The molecular formula is C16H15BrN4S. The van der Waals surface area contributed by atoms with Crippen molar-refractivity contribution in [3.8, 4) is 11.4 Å². The van der Waals surface area contributed by atoms with Gasteiger partial charge in [0, 0.05) is 15.8 Å². The van der Waals surface area contributed by atoms with E-state index in [4.69, 9.17) is 5.84 Å². The summed E-state index contributed by atoms with van der Waals surface area (Å²) in [5.41, 5.74) is 3.44. The van der Waals surface area contributed by atoms with E-state index in [9.17, 15) is 0 Å². The molecule has 3 aromatic rings. The van der Waals surface area contributed by atoms with Gasteiger partial charge in [0.2, 0.25) is 5.16 Å². The fourth-order valence-electron chi connectivity index (χ4n) is 2.15. The van der Waals surface area contributed by atoms with Crippen LogP contribution in [0, 0.1) is 6.92 Å². The van der Waals surface area contributed by atoms with Gasteiger partial charge in [0.05, 0.1) is 0 Å². The molecule has 0 radical (unpaired) electrons. The van der Waals surface area contributed by atoms with Crippen molar-refractivity contribution in [2.75, 3.05) is 5.84 Å². The number of nitrogens with two attached hydrogens (primary N) is 1. The van der Waals surface area contributed by atoms with Crippen molar-refractivity contribution in [3.63, 3.8) is 0 Å². The van der Waals surface area contributed by atoms with Gasteiger partial charge in [0.1, 0.15) is 0 Å². The molecule has 0 fully saturated rings. The Balaban J connectivity index is 1.79. The first-order valence-corrected chi connectivity index (χ1v) is 8.56. The molecule has 0 aliphatic carbocycles. The lowest BCUT2D eigenvalue weighted by Crippen LogP contribution is -2.11. The Bertz CT molecular complexity index is 800. The summed E-state index contributed by atoms with van der Waals surface area (Å²) in [4.78, 5) is 0. The summed E-state index contributed by atoms with van der Waals surface area (Å²) in [6.07, 6.45) is 0. The summed E-state index contributed by atoms with van der Waals surface area (Å²) in [5, 5.41) is 9.10. The molecule has 0 spiro atoms. The van der Waals surface area contributed by atoms with E-state index in [0.29, 0.717) is 11.0 Å². The highest BCUT2D eigenvalue weighted by molar-refractivity contribution is 9.10. The van der Waals surface area contributed by atoms with Crippen LogP contribution in [0.2, 0.25) is 0 Å². The maximum Gasteiger partial charge on any atom is 0.210 e. The van der Waals surface area contributed by atoms with Crippen molar-refractivity contribution in [2.45, 2.75) is 17.8 Å². The number of halogens is 1. The van der Waals surface area contributed by atoms with Crippen LogP contribution in [0.15, 0.2) is 58.2 Å². The van der Waals surface area contributed by atoms with E-state index in [-0.39, 0.29) is 0 Å². The molecule has 6 heteroatoms. The number of hydrogen-bond donors (Lipinski definition) is 1. The molecule has 0 bridgehead atoms. The number of aromatic nitrogens is 3. The zero-order chi connectivity index (χ0) is 15.5. The van der Waals surface area contributed by atoms with E-state index >= 15 is 0 Å². The van der Waals surface area contributed by atoms with Crippen LogP contribution < -0.4 is 5.84 Å². The van der Waals surface area contributed by atoms with Crippen LogP contribution in [0.25, 0.3) is 11.4 Å². The zero-order valence-electron chi connectivity index (χ0n) is 12.0. The van der Waals surface area contributed by atoms with Crippen LogP contribution in [-0.4, -0.2) is 14.9 Å². The summed E-state index contributed by atoms with van der Waals surface area (Å²) in [6.45, 7) is 2.09. The zero-order valence-corrected chi connectivity index (χ0v) is 14.4. The smallest absolute Gasteiger partial charge is 0.210 e. The standard InChI is InChI=1S/C16H15BrN4S/c1-11-4-2-5-12(8-11)10-22-16-20-19-15(21(16)18)13-6-3-7-14(17)9-13/h2-9H,10,18H2,1H3. The quantitative estimate of drug-likeness (QED) is 0.553. The molecule has 2 N–H and O–H groups in total. The highest BCUT2D eigenvalue weighted by Crippen LogP contribution is 2.26. The first kappa shape index (κ1) is 15.1. The molecule has 22 heavy (non-hydrogen) atoms. The molecule has 1 aromatic heterocycles. The molecule has 0 aliphatic rings. The number of nitrogen functional groups attached to an aromatic ring is 1. The van der Waals surface area contributed by atoms with Gasteiger partial charge < -0.3 is 5.84 Å². The third-order valence-electron chi connectivity index (χ3n) is 3.20. The van der Waals surface area contributed by atoms with E-state index in [2.05, 4.69) is 57.3 Å². The average molecular weight is 375 g/mol. The normalized spacial score (nSPS) is 10.8. The van der Waals surface area contributed by atoms with Gasteiger partial charge in [-0.15, -0.1) is 10.2 Å². The third-order valence-corrected chi connectivity index (χ3v) is 4.71. The Morgan fingerprint density at radius 3 is 2.73 bits per heavy atom. The van der Waals surface area contributed by atoms with Crippen molar-refractivity contribution >= 4 is 27.7 Å². The van der Waals surface area contributed by atoms with E-state index in [1.165, 1.54) is 11.1 Å². The lowest BCUT2D eigenvalue weighted by atomic mass is 10.2. The maximum absolute atomic E-state index is 6.14. The van der Waals surface area contributed by atoms with Gasteiger partial charge in [0.15, 0.2) is 5.82 Å². The molecular weight excluding hydrogens is 360 g/mol. The first-order valence-electron chi connectivity index (χ1n) is 6.78. The molecule has 0 unspecified atom stereocenters. The second-order valence-electron chi connectivity index (χ2n) is 4.96. The molecule has 1 heterocycles. The predicted molar refractivity (Wildman–Crippen MR) is 94.0 cm³/mol. The number of nitrogens with zero attached hydrogens (tertiary/aromatic N) is 3. The summed E-state index contributed by atoms with van der Waals surface area (Å²) < 4.78 is 2.53. The van der Waals surface area contributed by atoms with Crippen molar-refractivity contribution < 1.29 is 0 Å². The van der Waals surface area contributed by atoms with Crippen LogP contribution in [0.1, 0.15) is 11.1 Å². The Labute approximate surface area is 141 Å². The average Bonchev–Trinajstić information content (AvgIpc) is 2.86. The number of rotatable bonds is 4. The van der Waals surface area contributed by atoms with Crippen molar-refractivity contribution in [1.82, 2.24) is 14.9 Å². The Morgan fingerprint density at radius 1 is 1.14 bits per heavy atom. The van der Waals surface area contributed by atoms with Gasteiger partial charge in [-0.05, 0) is 24.6 Å².